The lowest BCUT2D eigenvalue weighted by Crippen LogP contribution is -2.31. The number of esters is 1. The van der Waals surface area contributed by atoms with Gasteiger partial charge in [0.1, 0.15) is 0 Å². The molecule has 0 aliphatic carbocycles. The molecule has 1 amide bonds. The van der Waals surface area contributed by atoms with Crippen LogP contribution in [0.15, 0.2) is 42.5 Å². The summed E-state index contributed by atoms with van der Waals surface area (Å²) in [5, 5.41) is 2.85. The molecule has 24 heavy (non-hydrogen) atoms. The van der Waals surface area contributed by atoms with Crippen LogP contribution in [0.2, 0.25) is 0 Å². The first-order valence-corrected chi connectivity index (χ1v) is 7.97. The monoisotopic (exact) mass is 325 g/mol. The van der Waals surface area contributed by atoms with Crippen LogP contribution in [-0.2, 0) is 9.53 Å². The van der Waals surface area contributed by atoms with Crippen LogP contribution in [0.4, 0.5) is 0 Å². The van der Waals surface area contributed by atoms with E-state index in [-0.39, 0.29) is 18.6 Å². The molecule has 0 bridgehead atoms. The molecule has 0 spiro atoms. The van der Waals surface area contributed by atoms with Crippen molar-refractivity contribution < 1.29 is 14.3 Å². The topological polar surface area (TPSA) is 55.4 Å². The van der Waals surface area contributed by atoms with Gasteiger partial charge < -0.3 is 10.1 Å². The van der Waals surface area contributed by atoms with E-state index in [0.29, 0.717) is 5.56 Å². The molecular formula is C20H23NO3. The van der Waals surface area contributed by atoms with Crippen molar-refractivity contribution in [2.45, 2.75) is 33.7 Å². The summed E-state index contributed by atoms with van der Waals surface area (Å²) in [6, 6.07) is 13.1. The SMILES string of the molecule is Cc1ccc(C(C)NC(=O)COC(=O)c2ccccc2C)cc1C. The number of hydrogen-bond donors (Lipinski definition) is 1. The Morgan fingerprint density at radius 3 is 2.38 bits per heavy atom. The molecule has 0 aliphatic heterocycles. The zero-order valence-corrected chi connectivity index (χ0v) is 14.6. The average Bonchev–Trinajstić information content (AvgIpc) is 2.55. The molecule has 1 N–H and O–H groups in total. The maximum atomic E-state index is 12.0. The van der Waals surface area contributed by atoms with Crippen molar-refractivity contribution in [3.05, 3.63) is 70.3 Å². The second kappa shape index (κ2) is 7.77. The summed E-state index contributed by atoms with van der Waals surface area (Å²) in [7, 11) is 0. The van der Waals surface area contributed by atoms with Gasteiger partial charge in [-0.2, -0.15) is 0 Å². The Labute approximate surface area is 142 Å². The van der Waals surface area contributed by atoms with E-state index in [9.17, 15) is 9.59 Å². The molecule has 126 valence electrons. The van der Waals surface area contributed by atoms with E-state index in [4.69, 9.17) is 4.74 Å². The van der Waals surface area contributed by atoms with Crippen LogP contribution in [-0.4, -0.2) is 18.5 Å². The number of ether oxygens (including phenoxy) is 1. The summed E-state index contributed by atoms with van der Waals surface area (Å²) in [5.74, 6) is -0.801. The second-order valence-electron chi connectivity index (χ2n) is 6.02. The Morgan fingerprint density at radius 2 is 1.71 bits per heavy atom. The summed E-state index contributed by atoms with van der Waals surface area (Å²) in [6.45, 7) is 7.54. The van der Waals surface area contributed by atoms with Crippen LogP contribution in [0, 0.1) is 20.8 Å². The van der Waals surface area contributed by atoms with Gasteiger partial charge in [-0.15, -0.1) is 0 Å². The van der Waals surface area contributed by atoms with Crippen molar-refractivity contribution in [1.29, 1.82) is 0 Å². The highest BCUT2D eigenvalue weighted by atomic mass is 16.5. The molecule has 0 fully saturated rings. The minimum Gasteiger partial charge on any atom is -0.452 e. The molecule has 0 saturated heterocycles. The first kappa shape index (κ1) is 17.7. The van der Waals surface area contributed by atoms with E-state index in [1.165, 1.54) is 11.1 Å². The van der Waals surface area contributed by atoms with Gasteiger partial charge in [0.15, 0.2) is 6.61 Å². The highest BCUT2D eigenvalue weighted by Gasteiger charge is 2.14. The minimum atomic E-state index is -0.484. The largest absolute Gasteiger partial charge is 0.452 e. The fourth-order valence-corrected chi connectivity index (χ4v) is 2.41. The molecule has 2 aromatic rings. The lowest BCUT2D eigenvalue weighted by Gasteiger charge is -2.16. The fraction of sp³-hybridized carbons (Fsp3) is 0.300. The third-order valence-electron chi connectivity index (χ3n) is 4.11. The maximum Gasteiger partial charge on any atom is 0.338 e. The zero-order chi connectivity index (χ0) is 17.7. The van der Waals surface area contributed by atoms with Crippen molar-refractivity contribution in [2.24, 2.45) is 0 Å². The van der Waals surface area contributed by atoms with E-state index in [1.54, 1.807) is 12.1 Å². The summed E-state index contributed by atoms with van der Waals surface area (Å²) >= 11 is 0. The number of carbonyl (C=O) groups excluding carboxylic acids is 2. The predicted octanol–water partition coefficient (Wildman–Crippen LogP) is 3.65. The van der Waals surface area contributed by atoms with Crippen LogP contribution in [0.1, 0.15) is 45.6 Å². The van der Waals surface area contributed by atoms with E-state index in [0.717, 1.165) is 11.1 Å². The van der Waals surface area contributed by atoms with Crippen molar-refractivity contribution in [2.75, 3.05) is 6.61 Å². The Morgan fingerprint density at radius 1 is 1.00 bits per heavy atom. The Hall–Kier alpha value is -2.62. The van der Waals surface area contributed by atoms with E-state index >= 15 is 0 Å². The summed E-state index contributed by atoms with van der Waals surface area (Å²) in [5.41, 5.74) is 4.72. The van der Waals surface area contributed by atoms with E-state index in [2.05, 4.69) is 11.4 Å². The normalized spacial score (nSPS) is 11.7. The van der Waals surface area contributed by atoms with Crippen molar-refractivity contribution in [1.82, 2.24) is 5.32 Å². The highest BCUT2D eigenvalue weighted by molar-refractivity contribution is 5.92. The number of aryl methyl sites for hydroxylation is 3. The molecule has 1 atom stereocenters. The molecule has 2 aromatic carbocycles. The van der Waals surface area contributed by atoms with Gasteiger partial charge in [-0.05, 0) is 56.0 Å². The van der Waals surface area contributed by atoms with Crippen LogP contribution >= 0.6 is 0 Å². The van der Waals surface area contributed by atoms with Crippen molar-refractivity contribution >= 4 is 11.9 Å². The molecule has 0 aromatic heterocycles. The van der Waals surface area contributed by atoms with E-state index < -0.39 is 5.97 Å². The van der Waals surface area contributed by atoms with Gasteiger partial charge in [0.2, 0.25) is 0 Å². The van der Waals surface area contributed by atoms with Gasteiger partial charge in [0, 0.05) is 0 Å². The first-order chi connectivity index (χ1) is 11.4. The molecule has 0 heterocycles. The molecule has 1 unspecified atom stereocenters. The van der Waals surface area contributed by atoms with Crippen LogP contribution in [0.25, 0.3) is 0 Å². The van der Waals surface area contributed by atoms with Crippen molar-refractivity contribution in [3.63, 3.8) is 0 Å². The van der Waals surface area contributed by atoms with Crippen LogP contribution in [0.5, 0.6) is 0 Å². The van der Waals surface area contributed by atoms with Crippen LogP contribution in [0.3, 0.4) is 0 Å². The van der Waals surface area contributed by atoms with E-state index in [1.807, 2.05) is 52.0 Å². The third kappa shape index (κ3) is 4.44. The molecule has 0 saturated carbocycles. The average molecular weight is 325 g/mol. The van der Waals surface area contributed by atoms with Gasteiger partial charge in [0.25, 0.3) is 5.91 Å². The highest BCUT2D eigenvalue weighted by Crippen LogP contribution is 2.16. The number of hydrogen-bond acceptors (Lipinski definition) is 3. The molecule has 0 aliphatic rings. The molecule has 0 radical (unpaired) electrons. The quantitative estimate of drug-likeness (QED) is 0.854. The van der Waals surface area contributed by atoms with Crippen LogP contribution < -0.4 is 5.32 Å². The molecule has 2 rings (SSSR count). The number of benzene rings is 2. The Bertz CT molecular complexity index is 752. The standard InChI is InChI=1S/C20H23NO3/c1-13-9-10-17(11-15(13)3)16(4)21-19(22)12-24-20(23)18-8-6-5-7-14(18)2/h5-11,16H,12H2,1-4H3,(H,21,22). The lowest BCUT2D eigenvalue weighted by molar-refractivity contribution is -0.124. The Balaban J connectivity index is 1.90. The zero-order valence-electron chi connectivity index (χ0n) is 14.6. The summed E-state index contributed by atoms with van der Waals surface area (Å²) < 4.78 is 5.10. The maximum absolute atomic E-state index is 12.0. The number of rotatable bonds is 5. The second-order valence-corrected chi connectivity index (χ2v) is 6.02. The van der Waals surface area contributed by atoms with Gasteiger partial charge in [-0.3, -0.25) is 4.79 Å². The smallest absolute Gasteiger partial charge is 0.338 e. The molecular weight excluding hydrogens is 302 g/mol. The molecule has 4 nitrogen and oxygen atoms in total. The molecule has 4 heteroatoms. The van der Waals surface area contributed by atoms with Gasteiger partial charge in [0.05, 0.1) is 11.6 Å². The third-order valence-corrected chi connectivity index (χ3v) is 4.11. The van der Waals surface area contributed by atoms with Crippen molar-refractivity contribution in [3.8, 4) is 0 Å². The predicted molar refractivity (Wildman–Crippen MR) is 93.9 cm³/mol. The number of amides is 1. The lowest BCUT2D eigenvalue weighted by atomic mass is 10.0. The summed E-state index contributed by atoms with van der Waals surface area (Å²) in [6.07, 6.45) is 0. The van der Waals surface area contributed by atoms with Gasteiger partial charge in [-0.1, -0.05) is 36.4 Å². The first-order valence-electron chi connectivity index (χ1n) is 7.97. The van der Waals surface area contributed by atoms with Gasteiger partial charge >= 0.3 is 5.97 Å². The number of nitrogens with one attached hydrogen (secondary N) is 1. The Kier molecular flexibility index (Phi) is 5.74. The minimum absolute atomic E-state index is 0.144. The fourth-order valence-electron chi connectivity index (χ4n) is 2.41. The van der Waals surface area contributed by atoms with Gasteiger partial charge in [-0.25, -0.2) is 4.79 Å². The summed E-state index contributed by atoms with van der Waals surface area (Å²) in [4.78, 5) is 24.0. The number of carbonyl (C=O) groups is 2.